The summed E-state index contributed by atoms with van der Waals surface area (Å²) in [5.41, 5.74) is 13.1. The minimum absolute atomic E-state index is 0.900. The first kappa shape index (κ1) is 32.8. The lowest BCUT2D eigenvalue weighted by atomic mass is 10.00. The summed E-state index contributed by atoms with van der Waals surface area (Å²) in [7, 11) is 0. The van der Waals surface area contributed by atoms with Gasteiger partial charge in [-0.3, -0.25) is 0 Å². The number of furan rings is 1. The van der Waals surface area contributed by atoms with Crippen molar-refractivity contribution >= 4 is 92.3 Å². The van der Waals surface area contributed by atoms with Crippen LogP contribution in [0.3, 0.4) is 0 Å². The van der Waals surface area contributed by atoms with E-state index in [1.807, 2.05) is 17.4 Å². The number of anilines is 3. The molecule has 3 nitrogen and oxygen atoms in total. The van der Waals surface area contributed by atoms with Crippen molar-refractivity contribution in [2.45, 2.75) is 0 Å². The Morgan fingerprint density at radius 3 is 1.93 bits per heavy atom. The molecule has 0 bridgehead atoms. The Hall–Kier alpha value is -7.40. The second-order valence-electron chi connectivity index (χ2n) is 14.9. The van der Waals surface area contributed by atoms with E-state index in [9.17, 15) is 0 Å². The van der Waals surface area contributed by atoms with Gasteiger partial charge in [-0.2, -0.15) is 0 Å². The van der Waals surface area contributed by atoms with Crippen LogP contribution in [0.15, 0.2) is 211 Å². The van der Waals surface area contributed by atoms with Crippen molar-refractivity contribution in [2.24, 2.45) is 0 Å². The Balaban J connectivity index is 1.16. The van der Waals surface area contributed by atoms with Crippen LogP contribution in [0, 0.1) is 0 Å². The van der Waals surface area contributed by atoms with Crippen molar-refractivity contribution in [2.75, 3.05) is 4.90 Å². The fourth-order valence-electron chi connectivity index (χ4n) is 8.97. The molecule has 0 aliphatic rings. The highest BCUT2D eigenvalue weighted by atomic mass is 32.1. The highest BCUT2D eigenvalue weighted by Gasteiger charge is 2.24. The molecule has 272 valence electrons. The predicted molar refractivity (Wildman–Crippen MR) is 247 cm³/mol. The van der Waals surface area contributed by atoms with Crippen LogP contribution in [0.2, 0.25) is 0 Å². The minimum Gasteiger partial charge on any atom is -0.455 e. The third-order valence-corrected chi connectivity index (χ3v) is 12.8. The summed E-state index contributed by atoms with van der Waals surface area (Å²) in [5, 5.41) is 7.12. The number of benzene rings is 9. The molecule has 3 heterocycles. The molecule has 0 amide bonds. The van der Waals surface area contributed by atoms with Gasteiger partial charge in [0.25, 0.3) is 0 Å². The van der Waals surface area contributed by atoms with Gasteiger partial charge in [0, 0.05) is 47.7 Å². The molecule has 0 aliphatic heterocycles. The number of nitrogens with zero attached hydrogens (tertiary/aromatic N) is 2. The fraction of sp³-hybridized carbons (Fsp3) is 0. The molecule has 0 fully saturated rings. The Kier molecular flexibility index (Phi) is 7.40. The third-order valence-electron chi connectivity index (χ3n) is 11.6. The fourth-order valence-corrected chi connectivity index (χ4v) is 10.2. The Bertz CT molecular complexity index is 3500. The maximum absolute atomic E-state index is 6.71. The molecule has 12 rings (SSSR count). The summed E-state index contributed by atoms with van der Waals surface area (Å²) in [6.07, 6.45) is 0. The van der Waals surface area contributed by atoms with Gasteiger partial charge in [-0.05, 0) is 89.0 Å². The van der Waals surface area contributed by atoms with Gasteiger partial charge in [-0.1, -0.05) is 140 Å². The zero-order valence-corrected chi connectivity index (χ0v) is 32.2. The van der Waals surface area contributed by atoms with Crippen LogP contribution in [0.25, 0.3) is 91.9 Å². The van der Waals surface area contributed by atoms with E-state index < -0.39 is 0 Å². The van der Waals surface area contributed by atoms with Crippen LogP contribution in [-0.4, -0.2) is 4.57 Å². The van der Waals surface area contributed by atoms with E-state index in [-0.39, 0.29) is 0 Å². The largest absolute Gasteiger partial charge is 0.455 e. The molecule has 0 aliphatic carbocycles. The summed E-state index contributed by atoms with van der Waals surface area (Å²) >= 11 is 1.87. The zero-order valence-electron chi connectivity index (χ0n) is 31.3. The standard InChI is InChI=1S/C54H34N2OS/c1-3-14-35(15-4-1)36-26-29-39(30-27-36)55(38-16-5-2-6-17-38)49-34-37(40-21-13-22-44-42-19-9-12-25-51(42)58-54(40)44)28-32-47(49)56-46-23-10-7-20-45(46)52-48(56)33-31-43-41-18-8-11-24-50(41)57-53(43)52/h1-34H. The normalized spacial score (nSPS) is 11.8. The molecule has 4 heteroatoms. The number of aromatic nitrogens is 1. The van der Waals surface area contributed by atoms with Gasteiger partial charge in [-0.25, -0.2) is 0 Å². The molecule has 0 atom stereocenters. The van der Waals surface area contributed by atoms with Gasteiger partial charge in [-0.15, -0.1) is 11.3 Å². The van der Waals surface area contributed by atoms with E-state index >= 15 is 0 Å². The molecule has 9 aromatic carbocycles. The highest BCUT2D eigenvalue weighted by molar-refractivity contribution is 7.26. The summed E-state index contributed by atoms with van der Waals surface area (Å²) in [5.74, 6) is 0. The van der Waals surface area contributed by atoms with Crippen molar-refractivity contribution in [3.8, 4) is 27.9 Å². The molecule has 0 saturated heterocycles. The molecule has 0 unspecified atom stereocenters. The van der Waals surface area contributed by atoms with Crippen molar-refractivity contribution in [1.29, 1.82) is 0 Å². The van der Waals surface area contributed by atoms with Crippen molar-refractivity contribution < 1.29 is 4.42 Å². The second-order valence-corrected chi connectivity index (χ2v) is 15.9. The predicted octanol–water partition coefficient (Wildman–Crippen LogP) is 15.9. The van der Waals surface area contributed by atoms with Crippen LogP contribution < -0.4 is 4.90 Å². The lowest BCUT2D eigenvalue weighted by Gasteiger charge is -2.29. The van der Waals surface area contributed by atoms with E-state index in [0.717, 1.165) is 72.1 Å². The molecule has 0 saturated carbocycles. The van der Waals surface area contributed by atoms with Crippen LogP contribution >= 0.6 is 11.3 Å². The number of thiophene rings is 1. The van der Waals surface area contributed by atoms with E-state index in [0.29, 0.717) is 0 Å². The SMILES string of the molecule is c1ccc(-c2ccc(N(c3ccccc3)c3cc(-c4cccc5c4sc4ccccc45)ccc3-n3c4ccccc4c4c5oc6ccccc6c5ccc43)cc2)cc1. The van der Waals surface area contributed by atoms with Crippen molar-refractivity contribution in [3.63, 3.8) is 0 Å². The van der Waals surface area contributed by atoms with Crippen LogP contribution in [0.5, 0.6) is 0 Å². The number of hydrogen-bond donors (Lipinski definition) is 0. The van der Waals surface area contributed by atoms with Crippen LogP contribution in [0.1, 0.15) is 0 Å². The van der Waals surface area contributed by atoms with Gasteiger partial charge in [0.15, 0.2) is 0 Å². The molecular weight excluding hydrogens is 725 g/mol. The maximum Gasteiger partial charge on any atom is 0.145 e. The molecule has 0 radical (unpaired) electrons. The van der Waals surface area contributed by atoms with Crippen LogP contribution in [0.4, 0.5) is 17.1 Å². The first-order chi connectivity index (χ1) is 28.8. The topological polar surface area (TPSA) is 21.3 Å². The lowest BCUT2D eigenvalue weighted by Crippen LogP contribution is -2.13. The molecular formula is C54H34N2OS. The Morgan fingerprint density at radius 2 is 1.09 bits per heavy atom. The smallest absolute Gasteiger partial charge is 0.145 e. The average molecular weight is 759 g/mol. The Labute approximate surface area is 338 Å². The summed E-state index contributed by atoms with van der Waals surface area (Å²) in [6, 6.07) is 74.4. The van der Waals surface area contributed by atoms with Crippen LogP contribution in [-0.2, 0) is 0 Å². The first-order valence-corrected chi connectivity index (χ1v) is 20.5. The van der Waals surface area contributed by atoms with Gasteiger partial charge in [0.05, 0.1) is 27.8 Å². The monoisotopic (exact) mass is 758 g/mol. The number of hydrogen-bond acceptors (Lipinski definition) is 3. The van der Waals surface area contributed by atoms with E-state index in [1.165, 1.54) is 36.9 Å². The van der Waals surface area contributed by atoms with E-state index in [4.69, 9.17) is 4.42 Å². The molecule has 0 spiro atoms. The second kappa shape index (κ2) is 13.1. The molecule has 58 heavy (non-hydrogen) atoms. The maximum atomic E-state index is 6.71. The number of rotatable bonds is 6. The van der Waals surface area contributed by atoms with Crippen molar-refractivity contribution in [1.82, 2.24) is 4.57 Å². The van der Waals surface area contributed by atoms with Gasteiger partial charge in [0.2, 0.25) is 0 Å². The van der Waals surface area contributed by atoms with Gasteiger partial charge >= 0.3 is 0 Å². The quantitative estimate of drug-likeness (QED) is 0.168. The summed E-state index contributed by atoms with van der Waals surface area (Å²) in [4.78, 5) is 2.42. The Morgan fingerprint density at radius 1 is 0.431 bits per heavy atom. The van der Waals surface area contributed by atoms with Gasteiger partial charge in [0.1, 0.15) is 11.2 Å². The van der Waals surface area contributed by atoms with Crippen molar-refractivity contribution in [3.05, 3.63) is 206 Å². The summed E-state index contributed by atoms with van der Waals surface area (Å²) in [6.45, 7) is 0. The molecule has 3 aromatic heterocycles. The number of fused-ring (bicyclic) bond motifs is 10. The first-order valence-electron chi connectivity index (χ1n) is 19.7. The average Bonchev–Trinajstić information content (AvgIpc) is 3.97. The van der Waals surface area contributed by atoms with E-state index in [1.54, 1.807) is 0 Å². The minimum atomic E-state index is 0.900. The molecule has 0 N–H and O–H groups in total. The molecule has 12 aromatic rings. The third kappa shape index (κ3) is 5.05. The van der Waals surface area contributed by atoms with E-state index in [2.05, 4.69) is 210 Å². The highest BCUT2D eigenvalue weighted by Crippen LogP contribution is 2.47. The lowest BCUT2D eigenvalue weighted by molar-refractivity contribution is 0.673. The van der Waals surface area contributed by atoms with Gasteiger partial charge < -0.3 is 13.9 Å². The zero-order chi connectivity index (χ0) is 38.2. The number of para-hydroxylation sites is 3. The summed E-state index contributed by atoms with van der Waals surface area (Å²) < 4.78 is 11.7.